The number of hydrogen-bond acceptors (Lipinski definition) is 4. The van der Waals surface area contributed by atoms with Crippen molar-refractivity contribution >= 4 is 34.4 Å². The zero-order valence-corrected chi connectivity index (χ0v) is 16.5. The Hall–Kier alpha value is -2.64. The van der Waals surface area contributed by atoms with E-state index < -0.39 is 0 Å². The number of aromatic nitrogens is 4. The van der Waals surface area contributed by atoms with Crippen molar-refractivity contribution in [2.45, 2.75) is 17.5 Å². The van der Waals surface area contributed by atoms with E-state index in [-0.39, 0.29) is 11.4 Å². The lowest BCUT2D eigenvalue weighted by atomic mass is 10.2. The molecule has 0 bridgehead atoms. The summed E-state index contributed by atoms with van der Waals surface area (Å²) < 4.78 is 16.5. The van der Waals surface area contributed by atoms with E-state index >= 15 is 0 Å². The molecule has 0 amide bonds. The van der Waals surface area contributed by atoms with Crippen LogP contribution < -0.4 is 5.56 Å². The molecule has 0 radical (unpaired) electrons. The Morgan fingerprint density at radius 1 is 1.18 bits per heavy atom. The van der Waals surface area contributed by atoms with E-state index in [0.29, 0.717) is 33.5 Å². The molecular weight excluding hydrogens is 399 g/mol. The highest BCUT2D eigenvalue weighted by Gasteiger charge is 2.16. The summed E-state index contributed by atoms with van der Waals surface area (Å²) in [5.41, 5.74) is 2.63. The van der Waals surface area contributed by atoms with Crippen LogP contribution in [0.3, 0.4) is 0 Å². The molecule has 5 nitrogen and oxygen atoms in total. The van der Waals surface area contributed by atoms with Crippen LogP contribution in [0.15, 0.2) is 64.7 Å². The van der Waals surface area contributed by atoms with E-state index in [1.165, 1.54) is 28.6 Å². The molecule has 0 aliphatic carbocycles. The van der Waals surface area contributed by atoms with Crippen LogP contribution >= 0.6 is 23.4 Å². The van der Waals surface area contributed by atoms with E-state index in [0.717, 1.165) is 11.1 Å². The van der Waals surface area contributed by atoms with Gasteiger partial charge in [0.2, 0.25) is 0 Å². The lowest BCUT2D eigenvalue weighted by Crippen LogP contribution is -2.25. The van der Waals surface area contributed by atoms with Crippen molar-refractivity contribution in [3.63, 3.8) is 0 Å². The van der Waals surface area contributed by atoms with Gasteiger partial charge in [-0.15, -0.1) is 0 Å². The van der Waals surface area contributed by atoms with Crippen LogP contribution in [0.25, 0.3) is 11.0 Å². The van der Waals surface area contributed by atoms with E-state index in [1.807, 2.05) is 30.3 Å². The largest absolute Gasteiger partial charge is 0.281 e. The van der Waals surface area contributed by atoms with Crippen molar-refractivity contribution in [2.75, 3.05) is 0 Å². The number of thioether (sulfide) groups is 1. The molecule has 8 heteroatoms. The van der Waals surface area contributed by atoms with Gasteiger partial charge in [0, 0.05) is 17.8 Å². The first-order chi connectivity index (χ1) is 13.5. The zero-order chi connectivity index (χ0) is 19.7. The van der Waals surface area contributed by atoms with E-state index in [1.54, 1.807) is 23.9 Å². The number of rotatable bonds is 5. The Bertz CT molecular complexity index is 1210. The monoisotopic (exact) mass is 414 g/mol. The SMILES string of the molecule is Cn1ncc2nc(SCc3ccc(F)cc3Cl)n(Cc3ccccc3)c(=O)c21. The molecule has 2 aromatic heterocycles. The average Bonchev–Trinajstić information content (AvgIpc) is 3.05. The molecule has 0 saturated carbocycles. The van der Waals surface area contributed by atoms with Crippen LogP contribution in [0, 0.1) is 5.82 Å². The second-order valence-electron chi connectivity index (χ2n) is 6.30. The molecule has 0 N–H and O–H groups in total. The summed E-state index contributed by atoms with van der Waals surface area (Å²) in [6, 6.07) is 14.0. The smallest absolute Gasteiger partial charge is 0.280 e. The standard InChI is InChI=1S/C20H16ClFN4OS/c1-25-18-17(10-23-25)24-20(28-12-14-7-8-15(22)9-16(14)21)26(19(18)27)11-13-5-3-2-4-6-13/h2-10H,11-12H2,1H3. The molecule has 0 spiro atoms. The minimum absolute atomic E-state index is 0.151. The van der Waals surface area contributed by atoms with Crippen LogP contribution in [0.5, 0.6) is 0 Å². The van der Waals surface area contributed by atoms with Crippen LogP contribution in [-0.2, 0) is 19.3 Å². The first-order valence-corrected chi connectivity index (χ1v) is 9.92. The van der Waals surface area contributed by atoms with Gasteiger partial charge in [-0.3, -0.25) is 14.0 Å². The van der Waals surface area contributed by atoms with Gasteiger partial charge in [-0.25, -0.2) is 9.37 Å². The Balaban J connectivity index is 1.75. The van der Waals surface area contributed by atoms with Gasteiger partial charge in [-0.1, -0.05) is 59.8 Å². The van der Waals surface area contributed by atoms with Crippen molar-refractivity contribution in [3.05, 3.63) is 87.0 Å². The number of hydrogen-bond donors (Lipinski definition) is 0. The fourth-order valence-corrected chi connectivity index (χ4v) is 4.25. The van der Waals surface area contributed by atoms with E-state index in [4.69, 9.17) is 11.6 Å². The minimum atomic E-state index is -0.380. The molecule has 142 valence electrons. The number of halogens is 2. The molecule has 0 saturated heterocycles. The van der Waals surface area contributed by atoms with Gasteiger partial charge in [0.1, 0.15) is 11.3 Å². The first kappa shape index (κ1) is 18.7. The number of fused-ring (bicyclic) bond motifs is 1. The molecule has 4 rings (SSSR count). The lowest BCUT2D eigenvalue weighted by molar-refractivity contribution is 0.627. The Morgan fingerprint density at radius 3 is 2.71 bits per heavy atom. The molecule has 2 aromatic carbocycles. The van der Waals surface area contributed by atoms with Crippen molar-refractivity contribution in [2.24, 2.45) is 7.05 Å². The number of benzene rings is 2. The molecule has 0 unspecified atom stereocenters. The predicted octanol–water partition coefficient (Wildman–Crippen LogP) is 4.26. The Labute approximate surface area is 169 Å². The van der Waals surface area contributed by atoms with Gasteiger partial charge in [-0.2, -0.15) is 5.10 Å². The van der Waals surface area contributed by atoms with Crippen LogP contribution in [0.4, 0.5) is 4.39 Å². The van der Waals surface area contributed by atoms with Gasteiger partial charge in [-0.05, 0) is 23.3 Å². The van der Waals surface area contributed by atoms with Crippen molar-refractivity contribution in [1.82, 2.24) is 19.3 Å². The number of nitrogens with zero attached hydrogens (tertiary/aromatic N) is 4. The van der Waals surface area contributed by atoms with E-state index in [9.17, 15) is 9.18 Å². The summed E-state index contributed by atoms with van der Waals surface area (Å²) in [7, 11) is 1.73. The summed E-state index contributed by atoms with van der Waals surface area (Å²) in [6.45, 7) is 0.396. The molecule has 4 aromatic rings. The third kappa shape index (κ3) is 3.68. The maximum absolute atomic E-state index is 13.3. The van der Waals surface area contributed by atoms with Crippen LogP contribution in [-0.4, -0.2) is 19.3 Å². The van der Waals surface area contributed by atoms with Crippen molar-refractivity contribution in [3.8, 4) is 0 Å². The molecule has 0 fully saturated rings. The van der Waals surface area contributed by atoms with Crippen LogP contribution in [0.1, 0.15) is 11.1 Å². The highest BCUT2D eigenvalue weighted by molar-refractivity contribution is 7.98. The average molecular weight is 415 g/mol. The maximum atomic E-state index is 13.3. The quantitative estimate of drug-likeness (QED) is 0.361. The summed E-state index contributed by atoms with van der Waals surface area (Å²) in [5.74, 6) is 0.0844. The Kier molecular flexibility index (Phi) is 5.19. The van der Waals surface area contributed by atoms with Gasteiger partial charge in [0.15, 0.2) is 10.7 Å². The van der Waals surface area contributed by atoms with Crippen molar-refractivity contribution in [1.29, 1.82) is 0 Å². The fraction of sp³-hybridized carbons (Fsp3) is 0.150. The third-order valence-electron chi connectivity index (χ3n) is 4.37. The first-order valence-electron chi connectivity index (χ1n) is 8.56. The highest BCUT2D eigenvalue weighted by atomic mass is 35.5. The van der Waals surface area contributed by atoms with Gasteiger partial charge >= 0.3 is 0 Å². The van der Waals surface area contributed by atoms with Crippen LogP contribution in [0.2, 0.25) is 5.02 Å². The molecule has 2 heterocycles. The topological polar surface area (TPSA) is 52.7 Å². The van der Waals surface area contributed by atoms with Gasteiger partial charge < -0.3 is 0 Å². The molecule has 0 aliphatic heterocycles. The molecular formula is C20H16ClFN4OS. The van der Waals surface area contributed by atoms with E-state index in [2.05, 4.69) is 10.1 Å². The van der Waals surface area contributed by atoms with Crippen molar-refractivity contribution < 1.29 is 4.39 Å². The minimum Gasteiger partial charge on any atom is -0.281 e. The van der Waals surface area contributed by atoms with Gasteiger partial charge in [0.05, 0.1) is 12.7 Å². The zero-order valence-electron chi connectivity index (χ0n) is 15.0. The second-order valence-corrected chi connectivity index (χ2v) is 7.65. The fourth-order valence-electron chi connectivity index (χ4n) is 2.93. The number of aryl methyl sites for hydroxylation is 1. The second kappa shape index (κ2) is 7.77. The third-order valence-corrected chi connectivity index (χ3v) is 5.75. The predicted molar refractivity (Wildman–Crippen MR) is 109 cm³/mol. The normalized spacial score (nSPS) is 11.2. The lowest BCUT2D eigenvalue weighted by Gasteiger charge is -2.13. The Morgan fingerprint density at radius 2 is 1.96 bits per heavy atom. The molecule has 0 atom stereocenters. The summed E-state index contributed by atoms with van der Waals surface area (Å²) in [5, 5.41) is 5.07. The highest BCUT2D eigenvalue weighted by Crippen LogP contribution is 2.27. The summed E-state index contributed by atoms with van der Waals surface area (Å²) >= 11 is 7.52. The maximum Gasteiger partial charge on any atom is 0.280 e. The van der Waals surface area contributed by atoms with Gasteiger partial charge in [0.25, 0.3) is 5.56 Å². The summed E-state index contributed by atoms with van der Waals surface area (Å²) in [4.78, 5) is 17.8. The summed E-state index contributed by atoms with van der Waals surface area (Å²) in [6.07, 6.45) is 1.58. The molecule has 28 heavy (non-hydrogen) atoms. The molecule has 0 aliphatic rings.